The molecule has 0 fully saturated rings. The van der Waals surface area contributed by atoms with Gasteiger partial charge in [0.1, 0.15) is 23.3 Å². The Morgan fingerprint density at radius 1 is 1.20 bits per heavy atom. The molecule has 4 aromatic rings. The number of hydrogen-bond donors (Lipinski definition) is 1. The zero-order valence-electron chi connectivity index (χ0n) is 14.5. The number of H-pyrrole nitrogens is 1. The number of aromatic nitrogens is 4. The number of rotatable bonds is 5. The summed E-state index contributed by atoms with van der Waals surface area (Å²) in [5.74, 6) is 2.07. The van der Waals surface area contributed by atoms with Gasteiger partial charge in [-0.05, 0) is 44.5 Å². The van der Waals surface area contributed by atoms with E-state index in [1.54, 1.807) is 4.52 Å². The van der Waals surface area contributed by atoms with Crippen LogP contribution in [-0.4, -0.2) is 26.2 Å². The third-order valence-corrected chi connectivity index (χ3v) is 4.15. The van der Waals surface area contributed by atoms with Gasteiger partial charge in [-0.25, -0.2) is 4.52 Å². The van der Waals surface area contributed by atoms with Crippen molar-refractivity contribution in [2.75, 3.05) is 6.61 Å². The van der Waals surface area contributed by atoms with Crippen LogP contribution in [0.4, 0.5) is 0 Å². The Balaban J connectivity index is 1.73. The lowest BCUT2D eigenvalue weighted by molar-refractivity contribution is 0.315. The molecule has 1 N–H and O–H groups in total. The lowest BCUT2D eigenvalue weighted by atomic mass is 10.2. The number of fused-ring (bicyclic) bond motifs is 2. The zero-order valence-corrected chi connectivity index (χ0v) is 14.5. The summed E-state index contributed by atoms with van der Waals surface area (Å²) in [5.41, 5.74) is 4.00. The van der Waals surface area contributed by atoms with Crippen LogP contribution in [0.1, 0.15) is 24.6 Å². The van der Waals surface area contributed by atoms with Crippen LogP contribution < -0.4 is 9.47 Å². The molecule has 0 radical (unpaired) electrons. The average Bonchev–Trinajstić information content (AvgIpc) is 3.12. The topological polar surface area (TPSA) is 64.4 Å². The SMILES string of the molecule is CCCOc1cn2ncnc(Oc3ccc4[nH]c(C)cc4c3)c2c1C. The molecule has 0 saturated heterocycles. The van der Waals surface area contributed by atoms with Crippen LogP contribution in [0.3, 0.4) is 0 Å². The number of aryl methyl sites for hydroxylation is 2. The number of ether oxygens (including phenoxy) is 2. The highest BCUT2D eigenvalue weighted by atomic mass is 16.5. The van der Waals surface area contributed by atoms with Gasteiger partial charge in [0.05, 0.1) is 12.8 Å². The molecule has 0 unspecified atom stereocenters. The Hall–Kier alpha value is -3.02. The van der Waals surface area contributed by atoms with Crippen LogP contribution in [0.25, 0.3) is 16.4 Å². The van der Waals surface area contributed by atoms with Crippen LogP contribution in [-0.2, 0) is 0 Å². The molecule has 0 aliphatic rings. The maximum Gasteiger partial charge on any atom is 0.247 e. The monoisotopic (exact) mass is 336 g/mol. The van der Waals surface area contributed by atoms with E-state index in [1.165, 1.54) is 6.33 Å². The molecule has 0 atom stereocenters. The highest BCUT2D eigenvalue weighted by Gasteiger charge is 2.15. The van der Waals surface area contributed by atoms with Gasteiger partial charge in [-0.3, -0.25) is 0 Å². The van der Waals surface area contributed by atoms with E-state index in [2.05, 4.69) is 28.1 Å². The molecule has 3 heterocycles. The van der Waals surface area contributed by atoms with Crippen molar-refractivity contribution < 1.29 is 9.47 Å². The third-order valence-electron chi connectivity index (χ3n) is 4.15. The standard InChI is InChI=1S/C19H20N4O2/c1-4-7-24-17-10-23-18(13(17)3)19(20-11-21-23)25-15-5-6-16-14(9-15)8-12(2)22-16/h5-6,8-11,22H,4,7H2,1-3H3. The molecule has 128 valence electrons. The van der Waals surface area contributed by atoms with Gasteiger partial charge in [0.25, 0.3) is 0 Å². The predicted octanol–water partition coefficient (Wildman–Crippen LogP) is 4.41. The van der Waals surface area contributed by atoms with E-state index in [1.807, 2.05) is 38.2 Å². The summed E-state index contributed by atoms with van der Waals surface area (Å²) < 4.78 is 13.6. The van der Waals surface area contributed by atoms with E-state index in [0.29, 0.717) is 12.5 Å². The number of nitrogens with one attached hydrogen (secondary N) is 1. The van der Waals surface area contributed by atoms with Crippen LogP contribution in [0.15, 0.2) is 36.8 Å². The second kappa shape index (κ2) is 6.12. The van der Waals surface area contributed by atoms with Crippen molar-refractivity contribution in [3.8, 4) is 17.4 Å². The van der Waals surface area contributed by atoms with E-state index in [4.69, 9.17) is 9.47 Å². The maximum absolute atomic E-state index is 6.07. The molecule has 3 aromatic heterocycles. The minimum Gasteiger partial charge on any atom is -0.492 e. The molecule has 0 aliphatic carbocycles. The molecule has 0 amide bonds. The molecule has 25 heavy (non-hydrogen) atoms. The lowest BCUT2D eigenvalue weighted by Gasteiger charge is -2.07. The molecular weight excluding hydrogens is 316 g/mol. The van der Waals surface area contributed by atoms with Gasteiger partial charge < -0.3 is 14.5 Å². The molecule has 0 saturated carbocycles. The Morgan fingerprint density at radius 3 is 2.92 bits per heavy atom. The Bertz CT molecular complexity index is 1050. The maximum atomic E-state index is 6.07. The van der Waals surface area contributed by atoms with E-state index < -0.39 is 0 Å². The Labute approximate surface area is 145 Å². The zero-order chi connectivity index (χ0) is 17.4. The summed E-state index contributed by atoms with van der Waals surface area (Å²) >= 11 is 0. The van der Waals surface area contributed by atoms with Crippen LogP contribution in [0.5, 0.6) is 17.4 Å². The molecule has 6 heteroatoms. The van der Waals surface area contributed by atoms with Gasteiger partial charge in [0, 0.05) is 22.2 Å². The van der Waals surface area contributed by atoms with Crippen LogP contribution >= 0.6 is 0 Å². The van der Waals surface area contributed by atoms with E-state index >= 15 is 0 Å². The molecule has 0 spiro atoms. The van der Waals surface area contributed by atoms with Crippen LogP contribution in [0.2, 0.25) is 0 Å². The number of aromatic amines is 1. The normalized spacial score (nSPS) is 11.3. The summed E-state index contributed by atoms with van der Waals surface area (Å²) in [5, 5.41) is 5.38. The highest BCUT2D eigenvalue weighted by molar-refractivity contribution is 5.82. The number of nitrogens with zero attached hydrogens (tertiary/aromatic N) is 3. The Kier molecular flexibility index (Phi) is 3.80. The molecule has 0 bridgehead atoms. The van der Waals surface area contributed by atoms with E-state index in [9.17, 15) is 0 Å². The first-order valence-corrected chi connectivity index (χ1v) is 8.38. The molecule has 4 rings (SSSR count). The van der Waals surface area contributed by atoms with E-state index in [-0.39, 0.29) is 0 Å². The van der Waals surface area contributed by atoms with Gasteiger partial charge >= 0.3 is 0 Å². The van der Waals surface area contributed by atoms with Gasteiger partial charge in [-0.15, -0.1) is 0 Å². The van der Waals surface area contributed by atoms with Crippen molar-refractivity contribution in [2.45, 2.75) is 27.2 Å². The largest absolute Gasteiger partial charge is 0.492 e. The van der Waals surface area contributed by atoms with Gasteiger partial charge in [-0.2, -0.15) is 10.1 Å². The van der Waals surface area contributed by atoms with Crippen molar-refractivity contribution in [2.24, 2.45) is 0 Å². The summed E-state index contributed by atoms with van der Waals surface area (Å²) in [7, 11) is 0. The average molecular weight is 336 g/mol. The minimum absolute atomic E-state index is 0.519. The van der Waals surface area contributed by atoms with Crippen molar-refractivity contribution in [1.82, 2.24) is 19.6 Å². The van der Waals surface area contributed by atoms with E-state index in [0.717, 1.165) is 45.6 Å². The van der Waals surface area contributed by atoms with Gasteiger partial charge in [-0.1, -0.05) is 6.92 Å². The second-order valence-corrected chi connectivity index (χ2v) is 6.13. The second-order valence-electron chi connectivity index (χ2n) is 6.13. The Morgan fingerprint density at radius 2 is 2.08 bits per heavy atom. The molecule has 1 aromatic carbocycles. The van der Waals surface area contributed by atoms with Crippen molar-refractivity contribution in [1.29, 1.82) is 0 Å². The summed E-state index contributed by atoms with van der Waals surface area (Å²) in [6.45, 7) is 6.79. The molecular formula is C19H20N4O2. The number of hydrogen-bond acceptors (Lipinski definition) is 4. The van der Waals surface area contributed by atoms with Crippen molar-refractivity contribution in [3.63, 3.8) is 0 Å². The van der Waals surface area contributed by atoms with Crippen molar-refractivity contribution >= 4 is 16.4 Å². The smallest absolute Gasteiger partial charge is 0.247 e. The minimum atomic E-state index is 0.519. The van der Waals surface area contributed by atoms with Gasteiger partial charge in [0.2, 0.25) is 5.88 Å². The summed E-state index contributed by atoms with van der Waals surface area (Å²) in [6, 6.07) is 8.04. The van der Waals surface area contributed by atoms with Gasteiger partial charge in [0.15, 0.2) is 0 Å². The summed E-state index contributed by atoms with van der Waals surface area (Å²) in [6.07, 6.45) is 4.31. The molecule has 0 aliphatic heterocycles. The first-order valence-electron chi connectivity index (χ1n) is 8.38. The van der Waals surface area contributed by atoms with Crippen LogP contribution in [0, 0.1) is 13.8 Å². The lowest BCUT2D eigenvalue weighted by Crippen LogP contribution is -1.96. The fraction of sp³-hybridized carbons (Fsp3) is 0.263. The fourth-order valence-corrected chi connectivity index (χ4v) is 2.97. The quantitative estimate of drug-likeness (QED) is 0.586. The predicted molar refractivity (Wildman–Crippen MR) is 96.6 cm³/mol. The summed E-state index contributed by atoms with van der Waals surface area (Å²) in [4.78, 5) is 7.63. The first-order chi connectivity index (χ1) is 12.2. The highest BCUT2D eigenvalue weighted by Crippen LogP contribution is 2.32. The number of benzene rings is 1. The van der Waals surface area contributed by atoms with Crippen molar-refractivity contribution in [3.05, 3.63) is 48.0 Å². The fourth-order valence-electron chi connectivity index (χ4n) is 2.97. The first kappa shape index (κ1) is 15.5. The molecule has 6 nitrogen and oxygen atoms in total. The third kappa shape index (κ3) is 2.80.